The molecule has 0 heterocycles. The van der Waals surface area contributed by atoms with E-state index in [9.17, 15) is 22.4 Å². The molecule has 0 saturated heterocycles. The van der Waals surface area contributed by atoms with Crippen LogP contribution >= 0.6 is 0 Å². The van der Waals surface area contributed by atoms with Gasteiger partial charge in [0.15, 0.2) is 6.10 Å². The molecule has 0 saturated carbocycles. The van der Waals surface area contributed by atoms with Gasteiger partial charge in [0.2, 0.25) is 0 Å². The lowest BCUT2D eigenvalue weighted by atomic mass is 10.1. The van der Waals surface area contributed by atoms with Gasteiger partial charge < -0.3 is 4.74 Å². The minimum atomic E-state index is -4.03. The molecule has 3 aromatic rings. The number of hydrogen-bond acceptors (Lipinski definition) is 5. The fourth-order valence-corrected chi connectivity index (χ4v) is 4.03. The van der Waals surface area contributed by atoms with Crippen LogP contribution in [0.1, 0.15) is 28.4 Å². The van der Waals surface area contributed by atoms with Crippen LogP contribution in [0.5, 0.6) is 5.75 Å². The van der Waals surface area contributed by atoms with Crippen molar-refractivity contribution < 1.29 is 27.1 Å². The normalized spacial score (nSPS) is 11.9. The Kier molecular flexibility index (Phi) is 7.52. The standard InChI is InChI=1S/C24H24FN3O5S/c1-15-6-4-9-22(16(15)2)33-17(3)23(29)26-27-24(30)18-7-5-8-21(14-18)34(31,32)28-20-12-10-19(25)11-13-20/h4-14,17,28H,1-3H3,(H,26,29)(H,27,30). The predicted octanol–water partition coefficient (Wildman–Crippen LogP) is 3.47. The number of hydrogen-bond donors (Lipinski definition) is 3. The van der Waals surface area contributed by atoms with Crippen LogP contribution in [-0.4, -0.2) is 26.3 Å². The Bertz CT molecular complexity index is 1310. The van der Waals surface area contributed by atoms with Crippen LogP contribution in [-0.2, 0) is 14.8 Å². The Labute approximate surface area is 197 Å². The Morgan fingerprint density at radius 2 is 1.62 bits per heavy atom. The van der Waals surface area contributed by atoms with E-state index in [2.05, 4.69) is 15.6 Å². The Morgan fingerprint density at radius 1 is 0.941 bits per heavy atom. The summed E-state index contributed by atoms with van der Waals surface area (Å²) in [6.07, 6.45) is -0.896. The molecule has 8 nitrogen and oxygen atoms in total. The SMILES string of the molecule is Cc1cccc(OC(C)C(=O)NNC(=O)c2cccc(S(=O)(=O)Nc3ccc(F)cc3)c2)c1C. The number of ether oxygens (including phenoxy) is 1. The zero-order valence-electron chi connectivity index (χ0n) is 18.8. The molecule has 0 aromatic heterocycles. The second kappa shape index (κ2) is 10.3. The first-order chi connectivity index (χ1) is 16.1. The van der Waals surface area contributed by atoms with Crippen LogP contribution in [0.4, 0.5) is 10.1 Å². The molecular weight excluding hydrogens is 461 g/mol. The number of carbonyl (C=O) groups is 2. The molecule has 3 aromatic carbocycles. The fraction of sp³-hybridized carbons (Fsp3) is 0.167. The second-order valence-electron chi connectivity index (χ2n) is 7.54. The van der Waals surface area contributed by atoms with Crippen molar-refractivity contribution in [2.75, 3.05) is 4.72 Å². The smallest absolute Gasteiger partial charge is 0.279 e. The van der Waals surface area contributed by atoms with Crippen LogP contribution in [0.2, 0.25) is 0 Å². The number of aryl methyl sites for hydroxylation is 1. The summed E-state index contributed by atoms with van der Waals surface area (Å²) in [5.74, 6) is -1.25. The van der Waals surface area contributed by atoms with Crippen molar-refractivity contribution in [2.45, 2.75) is 31.8 Å². The highest BCUT2D eigenvalue weighted by atomic mass is 32.2. The average molecular weight is 486 g/mol. The topological polar surface area (TPSA) is 114 Å². The molecule has 0 bridgehead atoms. The maximum atomic E-state index is 13.0. The Hall–Kier alpha value is -3.92. The molecule has 0 aliphatic carbocycles. The van der Waals surface area contributed by atoms with Gasteiger partial charge >= 0.3 is 0 Å². The van der Waals surface area contributed by atoms with Gasteiger partial charge in [0.1, 0.15) is 11.6 Å². The Morgan fingerprint density at radius 3 is 2.32 bits per heavy atom. The number of halogens is 1. The third-order valence-electron chi connectivity index (χ3n) is 5.03. The van der Waals surface area contributed by atoms with Crippen LogP contribution in [0.3, 0.4) is 0 Å². The van der Waals surface area contributed by atoms with Crippen LogP contribution in [0.15, 0.2) is 71.6 Å². The lowest BCUT2D eigenvalue weighted by Gasteiger charge is -2.17. The van der Waals surface area contributed by atoms with Gasteiger partial charge in [-0.3, -0.25) is 25.2 Å². The van der Waals surface area contributed by atoms with Crippen molar-refractivity contribution in [3.8, 4) is 5.75 Å². The summed E-state index contributed by atoms with van der Waals surface area (Å²) < 4.78 is 46.3. The quantitative estimate of drug-likeness (QED) is 0.444. The molecule has 3 N–H and O–H groups in total. The minimum absolute atomic E-state index is 0.00498. The number of carbonyl (C=O) groups excluding carboxylic acids is 2. The van der Waals surface area contributed by atoms with Crippen molar-refractivity contribution in [2.24, 2.45) is 0 Å². The molecule has 0 spiro atoms. The molecule has 0 radical (unpaired) electrons. The first kappa shape index (κ1) is 24.7. The maximum Gasteiger partial charge on any atom is 0.279 e. The number of rotatable bonds is 7. The zero-order chi connectivity index (χ0) is 24.9. The largest absolute Gasteiger partial charge is 0.481 e. The van der Waals surface area contributed by atoms with E-state index in [4.69, 9.17) is 4.74 Å². The van der Waals surface area contributed by atoms with Gasteiger partial charge in [-0.25, -0.2) is 12.8 Å². The molecular formula is C24H24FN3O5S. The van der Waals surface area contributed by atoms with E-state index in [1.54, 1.807) is 6.07 Å². The van der Waals surface area contributed by atoms with Gasteiger partial charge in [0, 0.05) is 11.3 Å². The maximum absolute atomic E-state index is 13.0. The molecule has 10 heteroatoms. The molecule has 178 valence electrons. The van der Waals surface area contributed by atoms with Crippen molar-refractivity contribution >= 4 is 27.5 Å². The minimum Gasteiger partial charge on any atom is -0.481 e. The van der Waals surface area contributed by atoms with Gasteiger partial charge in [-0.1, -0.05) is 18.2 Å². The van der Waals surface area contributed by atoms with Crippen molar-refractivity contribution in [1.29, 1.82) is 0 Å². The summed E-state index contributed by atoms with van der Waals surface area (Å²) in [6, 6.07) is 15.5. The molecule has 0 aliphatic rings. The van der Waals surface area contributed by atoms with Gasteiger partial charge in [-0.05, 0) is 80.4 Å². The highest BCUT2D eigenvalue weighted by Crippen LogP contribution is 2.22. The molecule has 1 unspecified atom stereocenters. The zero-order valence-corrected chi connectivity index (χ0v) is 19.6. The van der Waals surface area contributed by atoms with E-state index in [1.807, 2.05) is 26.0 Å². The number of benzene rings is 3. The Balaban J connectivity index is 1.63. The number of anilines is 1. The van der Waals surface area contributed by atoms with Crippen molar-refractivity contribution in [3.05, 3.63) is 89.2 Å². The first-order valence-corrected chi connectivity index (χ1v) is 11.8. The summed E-state index contributed by atoms with van der Waals surface area (Å²) in [4.78, 5) is 24.7. The van der Waals surface area contributed by atoms with E-state index in [0.29, 0.717) is 5.75 Å². The van der Waals surface area contributed by atoms with E-state index in [-0.39, 0.29) is 16.1 Å². The summed E-state index contributed by atoms with van der Waals surface area (Å²) >= 11 is 0. The van der Waals surface area contributed by atoms with E-state index in [1.165, 1.54) is 37.3 Å². The van der Waals surface area contributed by atoms with Crippen LogP contribution in [0.25, 0.3) is 0 Å². The molecule has 34 heavy (non-hydrogen) atoms. The average Bonchev–Trinajstić information content (AvgIpc) is 2.81. The fourth-order valence-electron chi connectivity index (χ4n) is 2.92. The molecule has 0 aliphatic heterocycles. The van der Waals surface area contributed by atoms with Crippen LogP contribution in [0, 0.1) is 19.7 Å². The third-order valence-corrected chi connectivity index (χ3v) is 6.41. The lowest BCUT2D eigenvalue weighted by molar-refractivity contribution is -0.128. The summed E-state index contributed by atoms with van der Waals surface area (Å²) in [5, 5.41) is 0. The second-order valence-corrected chi connectivity index (χ2v) is 9.22. The van der Waals surface area contributed by atoms with Gasteiger partial charge in [-0.2, -0.15) is 0 Å². The number of nitrogens with one attached hydrogen (secondary N) is 3. The number of amides is 2. The highest BCUT2D eigenvalue weighted by Gasteiger charge is 2.19. The lowest BCUT2D eigenvalue weighted by Crippen LogP contribution is -2.47. The van der Waals surface area contributed by atoms with Crippen molar-refractivity contribution in [1.82, 2.24) is 10.9 Å². The number of sulfonamides is 1. The van der Waals surface area contributed by atoms with Gasteiger partial charge in [0.05, 0.1) is 4.90 Å². The van der Waals surface area contributed by atoms with Gasteiger partial charge in [0.25, 0.3) is 21.8 Å². The molecule has 0 fully saturated rings. The molecule has 2 amide bonds. The molecule has 1 atom stereocenters. The summed E-state index contributed by atoms with van der Waals surface area (Å²) in [5.41, 5.74) is 6.62. The highest BCUT2D eigenvalue weighted by molar-refractivity contribution is 7.92. The first-order valence-electron chi connectivity index (χ1n) is 10.3. The monoisotopic (exact) mass is 485 g/mol. The molecule has 3 rings (SSSR count). The predicted molar refractivity (Wildman–Crippen MR) is 125 cm³/mol. The van der Waals surface area contributed by atoms with E-state index < -0.39 is 33.8 Å². The van der Waals surface area contributed by atoms with Gasteiger partial charge in [-0.15, -0.1) is 0 Å². The van der Waals surface area contributed by atoms with E-state index >= 15 is 0 Å². The van der Waals surface area contributed by atoms with Crippen LogP contribution < -0.4 is 20.3 Å². The summed E-state index contributed by atoms with van der Waals surface area (Å²) in [7, 11) is -4.03. The third kappa shape index (κ3) is 6.10. The van der Waals surface area contributed by atoms with E-state index in [0.717, 1.165) is 29.3 Å². The number of hydrazine groups is 1. The van der Waals surface area contributed by atoms with Crippen molar-refractivity contribution in [3.63, 3.8) is 0 Å². The summed E-state index contributed by atoms with van der Waals surface area (Å²) in [6.45, 7) is 5.34.